The Bertz CT molecular complexity index is 301. The molecule has 0 spiro atoms. The van der Waals surface area contributed by atoms with Crippen molar-refractivity contribution in [2.75, 3.05) is 25.5 Å². The van der Waals surface area contributed by atoms with E-state index in [2.05, 4.69) is 48.6 Å². The monoisotopic (exact) mass is 190 g/mol. The van der Waals surface area contributed by atoms with Crippen molar-refractivity contribution < 1.29 is 0 Å². The molecule has 0 radical (unpaired) electrons. The first-order valence-electron chi connectivity index (χ1n) is 5.28. The Morgan fingerprint density at radius 1 is 1.29 bits per heavy atom. The second-order valence-electron chi connectivity index (χ2n) is 4.10. The van der Waals surface area contributed by atoms with Crippen molar-refractivity contribution >= 4 is 5.69 Å². The van der Waals surface area contributed by atoms with E-state index in [-0.39, 0.29) is 0 Å². The minimum atomic E-state index is 0.564. The number of nitrogens with zero attached hydrogens (tertiary/aromatic N) is 1. The highest BCUT2D eigenvalue weighted by Gasteiger charge is 2.19. The molecule has 1 aliphatic heterocycles. The van der Waals surface area contributed by atoms with Crippen molar-refractivity contribution in [1.82, 2.24) is 5.32 Å². The summed E-state index contributed by atoms with van der Waals surface area (Å²) in [4.78, 5) is 2.19. The molecule has 2 rings (SSSR count). The largest absolute Gasteiger partial charge is 0.377 e. The van der Waals surface area contributed by atoms with Gasteiger partial charge in [0.1, 0.15) is 0 Å². The Labute approximate surface area is 85.9 Å². The number of hydrogen-bond acceptors (Lipinski definition) is 2. The third kappa shape index (κ3) is 1.75. The topological polar surface area (TPSA) is 15.3 Å². The molecule has 1 saturated heterocycles. The lowest BCUT2D eigenvalue weighted by molar-refractivity contribution is 0.647. The van der Waals surface area contributed by atoms with E-state index in [1.165, 1.54) is 24.1 Å². The molecule has 1 aromatic rings. The van der Waals surface area contributed by atoms with Gasteiger partial charge in [-0.2, -0.15) is 0 Å². The summed E-state index contributed by atoms with van der Waals surface area (Å²) in [5, 5.41) is 3.54. The van der Waals surface area contributed by atoms with E-state index >= 15 is 0 Å². The summed E-state index contributed by atoms with van der Waals surface area (Å²) in [6.07, 6.45) is 2.57. The summed E-state index contributed by atoms with van der Waals surface area (Å²) in [7, 11) is 4.21. The van der Waals surface area contributed by atoms with Crippen LogP contribution in [0.25, 0.3) is 0 Å². The van der Waals surface area contributed by atoms with E-state index in [9.17, 15) is 0 Å². The lowest BCUT2D eigenvalue weighted by Gasteiger charge is -2.21. The van der Waals surface area contributed by atoms with Gasteiger partial charge in [-0.25, -0.2) is 0 Å². The van der Waals surface area contributed by atoms with Crippen molar-refractivity contribution in [2.45, 2.75) is 18.9 Å². The first kappa shape index (κ1) is 9.53. The molecule has 0 unspecified atom stereocenters. The minimum Gasteiger partial charge on any atom is -0.377 e. The summed E-state index contributed by atoms with van der Waals surface area (Å²) in [6, 6.07) is 9.22. The lowest BCUT2D eigenvalue weighted by atomic mass is 10.0. The standard InChI is InChI=1S/C12H18N2/c1-14(2)12-8-4-3-6-10(12)11-7-5-9-13-11/h3-4,6,8,11,13H,5,7,9H2,1-2H3/t11-/m1/s1. The van der Waals surface area contributed by atoms with Crippen LogP contribution < -0.4 is 10.2 Å². The molecule has 1 fully saturated rings. The van der Waals surface area contributed by atoms with Gasteiger partial charge < -0.3 is 10.2 Å². The molecule has 0 bridgehead atoms. The fourth-order valence-corrected chi connectivity index (χ4v) is 2.14. The minimum absolute atomic E-state index is 0.564. The first-order chi connectivity index (χ1) is 6.79. The maximum Gasteiger partial charge on any atom is 0.0409 e. The van der Waals surface area contributed by atoms with Gasteiger partial charge in [0, 0.05) is 25.8 Å². The number of anilines is 1. The summed E-state index contributed by atoms with van der Waals surface area (Å²) >= 11 is 0. The number of para-hydroxylation sites is 1. The summed E-state index contributed by atoms with van der Waals surface area (Å²) < 4.78 is 0. The highest BCUT2D eigenvalue weighted by molar-refractivity contribution is 5.54. The summed E-state index contributed by atoms with van der Waals surface area (Å²) in [5.74, 6) is 0. The van der Waals surface area contributed by atoms with E-state index in [1.54, 1.807) is 0 Å². The Hall–Kier alpha value is -1.02. The molecule has 0 saturated carbocycles. The first-order valence-corrected chi connectivity index (χ1v) is 5.28. The van der Waals surface area contributed by atoms with Gasteiger partial charge in [0.15, 0.2) is 0 Å². The smallest absolute Gasteiger partial charge is 0.0409 e. The van der Waals surface area contributed by atoms with E-state index < -0.39 is 0 Å². The van der Waals surface area contributed by atoms with Crippen molar-refractivity contribution in [3.63, 3.8) is 0 Å². The van der Waals surface area contributed by atoms with Gasteiger partial charge in [0.05, 0.1) is 0 Å². The molecule has 0 aromatic heterocycles. The predicted molar refractivity (Wildman–Crippen MR) is 60.7 cm³/mol. The molecule has 2 nitrogen and oxygen atoms in total. The molecule has 1 heterocycles. The van der Waals surface area contributed by atoms with Crippen LogP contribution in [-0.2, 0) is 0 Å². The normalized spacial score (nSPS) is 21.1. The zero-order valence-corrected chi connectivity index (χ0v) is 8.96. The highest BCUT2D eigenvalue weighted by atomic mass is 15.1. The number of rotatable bonds is 2. The second kappa shape index (κ2) is 4.01. The SMILES string of the molecule is CN(C)c1ccccc1[C@H]1CCCN1. The van der Waals surface area contributed by atoms with Gasteiger partial charge in [-0.3, -0.25) is 0 Å². The molecule has 1 atom stereocenters. The summed E-state index contributed by atoms with van der Waals surface area (Å²) in [6.45, 7) is 1.16. The maximum atomic E-state index is 3.54. The Morgan fingerprint density at radius 2 is 2.07 bits per heavy atom. The molecule has 1 aromatic carbocycles. The molecule has 1 aliphatic rings. The van der Waals surface area contributed by atoms with Gasteiger partial charge in [0.2, 0.25) is 0 Å². The van der Waals surface area contributed by atoms with Crippen molar-refractivity contribution in [3.05, 3.63) is 29.8 Å². The van der Waals surface area contributed by atoms with Crippen molar-refractivity contribution in [3.8, 4) is 0 Å². The van der Waals surface area contributed by atoms with Gasteiger partial charge >= 0.3 is 0 Å². The molecule has 2 heteroatoms. The van der Waals surface area contributed by atoms with E-state index in [1.807, 2.05) is 0 Å². The van der Waals surface area contributed by atoms with Crippen LogP contribution in [0.5, 0.6) is 0 Å². The average molecular weight is 190 g/mol. The Balaban J connectivity index is 2.30. The molecular formula is C12H18N2. The molecule has 1 N–H and O–H groups in total. The molecular weight excluding hydrogens is 172 g/mol. The lowest BCUT2D eigenvalue weighted by Crippen LogP contribution is -2.18. The number of hydrogen-bond donors (Lipinski definition) is 1. The molecule has 0 amide bonds. The quantitative estimate of drug-likeness (QED) is 0.769. The Morgan fingerprint density at radius 3 is 2.71 bits per heavy atom. The fourth-order valence-electron chi connectivity index (χ4n) is 2.14. The van der Waals surface area contributed by atoms with Crippen LogP contribution in [0.2, 0.25) is 0 Å². The fraction of sp³-hybridized carbons (Fsp3) is 0.500. The van der Waals surface area contributed by atoms with Gasteiger partial charge in [-0.15, -0.1) is 0 Å². The summed E-state index contributed by atoms with van der Waals surface area (Å²) in [5.41, 5.74) is 2.78. The number of benzene rings is 1. The van der Waals surface area contributed by atoms with Crippen LogP contribution in [0.4, 0.5) is 5.69 Å². The van der Waals surface area contributed by atoms with Crippen LogP contribution >= 0.6 is 0 Å². The second-order valence-corrected chi connectivity index (χ2v) is 4.10. The van der Waals surface area contributed by atoms with Crippen LogP contribution in [-0.4, -0.2) is 20.6 Å². The van der Waals surface area contributed by atoms with Crippen LogP contribution in [0.1, 0.15) is 24.4 Å². The molecule has 0 aliphatic carbocycles. The van der Waals surface area contributed by atoms with Gasteiger partial charge in [-0.05, 0) is 31.0 Å². The molecule has 14 heavy (non-hydrogen) atoms. The van der Waals surface area contributed by atoms with Crippen molar-refractivity contribution in [1.29, 1.82) is 0 Å². The van der Waals surface area contributed by atoms with E-state index in [0.29, 0.717) is 6.04 Å². The number of nitrogens with one attached hydrogen (secondary N) is 1. The van der Waals surface area contributed by atoms with Crippen LogP contribution in [0.15, 0.2) is 24.3 Å². The predicted octanol–water partition coefficient (Wildman–Crippen LogP) is 2.18. The zero-order chi connectivity index (χ0) is 9.97. The Kier molecular flexibility index (Phi) is 2.73. The zero-order valence-electron chi connectivity index (χ0n) is 8.96. The van der Waals surface area contributed by atoms with Gasteiger partial charge in [-0.1, -0.05) is 18.2 Å². The van der Waals surface area contributed by atoms with E-state index in [0.717, 1.165) is 6.54 Å². The average Bonchev–Trinajstić information content (AvgIpc) is 2.70. The highest BCUT2D eigenvalue weighted by Crippen LogP contribution is 2.30. The third-order valence-electron chi connectivity index (χ3n) is 2.85. The van der Waals surface area contributed by atoms with Gasteiger partial charge in [0.25, 0.3) is 0 Å². The van der Waals surface area contributed by atoms with Crippen molar-refractivity contribution in [2.24, 2.45) is 0 Å². The van der Waals surface area contributed by atoms with E-state index in [4.69, 9.17) is 0 Å². The van der Waals surface area contributed by atoms with Crippen LogP contribution in [0, 0.1) is 0 Å². The maximum absolute atomic E-state index is 3.54. The third-order valence-corrected chi connectivity index (χ3v) is 2.85. The molecule has 76 valence electrons. The van der Waals surface area contributed by atoms with Crippen LogP contribution in [0.3, 0.4) is 0 Å².